The Morgan fingerprint density at radius 1 is 0.957 bits per heavy atom. The number of fused-ring (bicyclic) bond motifs is 1. The van der Waals surface area contributed by atoms with Gasteiger partial charge in [-0.2, -0.15) is 0 Å². The van der Waals surface area contributed by atoms with Crippen molar-refractivity contribution in [2.24, 2.45) is 11.1 Å². The Kier molecular flexibility index (Phi) is 8.85. The fourth-order valence-corrected chi connectivity index (χ4v) is 5.86. The van der Waals surface area contributed by atoms with Gasteiger partial charge in [0.05, 0.1) is 18.2 Å². The summed E-state index contributed by atoms with van der Waals surface area (Å²) < 4.78 is 25.5. The number of hydrogen-bond donors (Lipinski definition) is 2. The summed E-state index contributed by atoms with van der Waals surface area (Å²) >= 11 is 0. The first kappa shape index (κ1) is 31.0. The van der Waals surface area contributed by atoms with Gasteiger partial charge in [0.15, 0.2) is 0 Å². The van der Waals surface area contributed by atoms with Crippen molar-refractivity contribution in [3.8, 4) is 17.2 Å². The third kappa shape index (κ3) is 6.36. The lowest BCUT2D eigenvalue weighted by Crippen LogP contribution is -2.41. The van der Waals surface area contributed by atoms with Crippen LogP contribution in [0.1, 0.15) is 42.5 Å². The van der Waals surface area contributed by atoms with Gasteiger partial charge in [-0.3, -0.25) is 24.3 Å². The number of anilines is 2. The lowest BCUT2D eigenvalue weighted by molar-refractivity contribution is -0.133. The average molecular weight is 626 g/mol. The first-order valence-corrected chi connectivity index (χ1v) is 15.4. The van der Waals surface area contributed by atoms with E-state index < -0.39 is 23.0 Å². The van der Waals surface area contributed by atoms with E-state index in [9.17, 15) is 18.8 Å². The highest BCUT2D eigenvalue weighted by Gasteiger charge is 2.57. The third-order valence-corrected chi connectivity index (χ3v) is 8.67. The van der Waals surface area contributed by atoms with Crippen molar-refractivity contribution >= 4 is 40.0 Å². The summed E-state index contributed by atoms with van der Waals surface area (Å²) in [6.45, 7) is 3.43. The van der Waals surface area contributed by atoms with Crippen molar-refractivity contribution in [3.05, 3.63) is 84.3 Å². The number of amides is 3. The summed E-state index contributed by atoms with van der Waals surface area (Å²) in [6, 6.07) is 17.3. The number of hydrogen-bond acceptors (Lipinski definition) is 7. The van der Waals surface area contributed by atoms with Gasteiger partial charge in [0, 0.05) is 42.1 Å². The zero-order valence-electron chi connectivity index (χ0n) is 25.6. The second-order valence-electron chi connectivity index (χ2n) is 11.7. The van der Waals surface area contributed by atoms with Crippen LogP contribution in [0.15, 0.2) is 72.9 Å². The van der Waals surface area contributed by atoms with E-state index in [1.807, 2.05) is 0 Å². The van der Waals surface area contributed by atoms with E-state index >= 15 is 0 Å². The van der Waals surface area contributed by atoms with Crippen LogP contribution in [0.5, 0.6) is 17.2 Å². The van der Waals surface area contributed by atoms with Gasteiger partial charge >= 0.3 is 0 Å². The van der Waals surface area contributed by atoms with Gasteiger partial charge in [-0.15, -0.1) is 0 Å². The van der Waals surface area contributed by atoms with E-state index in [4.69, 9.17) is 15.2 Å². The van der Waals surface area contributed by atoms with Crippen LogP contribution >= 0.6 is 0 Å². The minimum Gasteiger partial charge on any atom is -0.496 e. The molecule has 0 spiro atoms. The van der Waals surface area contributed by atoms with Gasteiger partial charge < -0.3 is 25.4 Å². The van der Waals surface area contributed by atoms with Crippen LogP contribution in [-0.4, -0.2) is 60.9 Å². The number of rotatable bonds is 11. The average Bonchev–Trinajstić information content (AvgIpc) is 3.89. The molecule has 3 aromatic carbocycles. The number of likely N-dealkylation sites (tertiary alicyclic amines) is 1. The zero-order valence-corrected chi connectivity index (χ0v) is 25.6. The molecule has 1 saturated heterocycles. The number of halogens is 1. The number of piperidine rings is 1. The van der Waals surface area contributed by atoms with Gasteiger partial charge in [-0.1, -0.05) is 6.42 Å². The lowest BCUT2D eigenvalue weighted by Gasteiger charge is -2.26. The van der Waals surface area contributed by atoms with Crippen LogP contribution < -0.4 is 25.4 Å². The predicted octanol–water partition coefficient (Wildman–Crippen LogP) is 5.32. The minimum atomic E-state index is -1.28. The maximum Gasteiger partial charge on any atom is 0.255 e. The molecule has 4 aromatic rings. The topological polar surface area (TPSA) is 127 Å². The van der Waals surface area contributed by atoms with Crippen molar-refractivity contribution in [3.63, 3.8) is 0 Å². The van der Waals surface area contributed by atoms with E-state index in [1.54, 1.807) is 48.7 Å². The number of methoxy groups -OCH3 is 1. The molecule has 1 aliphatic heterocycles. The summed E-state index contributed by atoms with van der Waals surface area (Å²) in [7, 11) is 1.52. The Balaban J connectivity index is 1.24. The SMILES string of the molecule is COc1cc2nccc(Oc3ccc(N(C(=O)C4(C(N)=O)CC4)c4ccc(F)cc4)cc3)c2cc1C(=O)NCCN1CCCCC1. The summed E-state index contributed by atoms with van der Waals surface area (Å²) in [5.74, 6) is -0.494. The Labute approximate surface area is 266 Å². The molecule has 2 heterocycles. The van der Waals surface area contributed by atoms with Crippen molar-refractivity contribution in [1.29, 1.82) is 0 Å². The van der Waals surface area contributed by atoms with E-state index in [-0.39, 0.29) is 5.91 Å². The van der Waals surface area contributed by atoms with Crippen molar-refractivity contribution < 1.29 is 28.2 Å². The van der Waals surface area contributed by atoms with E-state index in [0.29, 0.717) is 64.5 Å². The van der Waals surface area contributed by atoms with Crippen LogP contribution in [-0.2, 0) is 9.59 Å². The highest BCUT2D eigenvalue weighted by atomic mass is 19.1. The van der Waals surface area contributed by atoms with Crippen molar-refractivity contribution in [2.45, 2.75) is 32.1 Å². The highest BCUT2D eigenvalue weighted by Crippen LogP contribution is 2.49. The van der Waals surface area contributed by atoms with Crippen LogP contribution in [0.25, 0.3) is 10.9 Å². The Hall–Kier alpha value is -5.03. The van der Waals surface area contributed by atoms with Gasteiger partial charge in [-0.05, 0) is 99.4 Å². The molecule has 1 aliphatic carbocycles. The molecule has 0 radical (unpaired) electrons. The van der Waals surface area contributed by atoms with Gasteiger partial charge in [0.25, 0.3) is 5.91 Å². The van der Waals surface area contributed by atoms with Gasteiger partial charge in [0.2, 0.25) is 11.8 Å². The second-order valence-corrected chi connectivity index (χ2v) is 11.7. The van der Waals surface area contributed by atoms with Crippen LogP contribution in [0.3, 0.4) is 0 Å². The summed E-state index contributed by atoms with van der Waals surface area (Å²) in [6.07, 6.45) is 5.96. The van der Waals surface area contributed by atoms with Crippen LogP contribution in [0.2, 0.25) is 0 Å². The predicted molar refractivity (Wildman–Crippen MR) is 172 cm³/mol. The molecule has 10 nitrogen and oxygen atoms in total. The minimum absolute atomic E-state index is 0.245. The number of carbonyl (C=O) groups is 3. The third-order valence-electron chi connectivity index (χ3n) is 8.67. The summed E-state index contributed by atoms with van der Waals surface area (Å²) in [5, 5.41) is 3.63. The van der Waals surface area contributed by atoms with Crippen LogP contribution in [0, 0.1) is 11.2 Å². The maximum absolute atomic E-state index is 13.7. The fourth-order valence-electron chi connectivity index (χ4n) is 5.86. The number of primary amides is 1. The van der Waals surface area contributed by atoms with Gasteiger partial charge in [-0.25, -0.2) is 4.39 Å². The fraction of sp³-hybridized carbons (Fsp3) is 0.314. The molecule has 3 N–H and O–H groups in total. The number of nitrogens with two attached hydrogens (primary N) is 1. The molecule has 11 heteroatoms. The molecule has 0 atom stereocenters. The molecule has 0 bridgehead atoms. The van der Waals surface area contributed by atoms with Crippen molar-refractivity contribution in [1.82, 2.24) is 15.2 Å². The summed E-state index contributed by atoms with van der Waals surface area (Å²) in [5.41, 5.74) is 6.15. The quantitative estimate of drug-likeness (QED) is 0.216. The Morgan fingerprint density at radius 2 is 1.63 bits per heavy atom. The monoisotopic (exact) mass is 625 g/mol. The molecule has 46 heavy (non-hydrogen) atoms. The number of aromatic nitrogens is 1. The molecule has 2 aliphatic rings. The molecule has 1 aromatic heterocycles. The Bertz CT molecular complexity index is 1750. The molecule has 3 amide bonds. The molecule has 6 rings (SSSR count). The summed E-state index contributed by atoms with van der Waals surface area (Å²) in [4.78, 5) is 47.2. The van der Waals surface area contributed by atoms with E-state index in [2.05, 4.69) is 15.2 Å². The Morgan fingerprint density at radius 3 is 2.26 bits per heavy atom. The molecule has 238 valence electrons. The first-order valence-electron chi connectivity index (χ1n) is 15.4. The second kappa shape index (κ2) is 13.1. The molecular formula is C35H36FN5O5. The smallest absolute Gasteiger partial charge is 0.255 e. The molecule has 2 fully saturated rings. The van der Waals surface area contributed by atoms with E-state index in [0.717, 1.165) is 19.6 Å². The normalized spacial score (nSPS) is 15.6. The maximum atomic E-state index is 13.7. The van der Waals surface area contributed by atoms with E-state index in [1.165, 1.54) is 55.5 Å². The molecule has 1 saturated carbocycles. The number of nitrogens with one attached hydrogen (secondary N) is 1. The number of benzene rings is 3. The standard InChI is InChI=1S/C35H36FN5O5/c1-45-31-22-29-27(21-28(31)32(42)39-17-20-40-18-3-2-4-19-40)30(13-16-38-29)46-26-11-9-25(10-12-26)41(24-7-5-23(36)6-8-24)34(44)35(14-15-35)33(37)43/h5-13,16,21-22H,2-4,14-15,17-20H2,1H3,(H2,37,43)(H,39,42). The van der Waals surface area contributed by atoms with Crippen molar-refractivity contribution in [2.75, 3.05) is 38.2 Å². The number of ether oxygens (including phenoxy) is 2. The molecule has 0 unspecified atom stereocenters. The lowest BCUT2D eigenvalue weighted by atomic mass is 10.0. The number of nitrogens with zero attached hydrogens (tertiary/aromatic N) is 3. The van der Waals surface area contributed by atoms with Crippen LogP contribution in [0.4, 0.5) is 15.8 Å². The number of pyridine rings is 1. The first-order chi connectivity index (χ1) is 22.3. The van der Waals surface area contributed by atoms with Gasteiger partial charge in [0.1, 0.15) is 28.5 Å². The largest absolute Gasteiger partial charge is 0.496 e. The zero-order chi connectivity index (χ0) is 32.3. The molecular weight excluding hydrogens is 589 g/mol. The number of carbonyl (C=O) groups excluding carboxylic acids is 3. The highest BCUT2D eigenvalue weighted by molar-refractivity contribution is 6.16.